The molecule has 1 aromatic heterocycles. The number of thioether (sulfide) groups is 1. The van der Waals surface area contributed by atoms with Crippen LogP contribution in [0.25, 0.3) is 16.3 Å². The summed E-state index contributed by atoms with van der Waals surface area (Å²) >= 11 is 15.6. The Hall–Kier alpha value is -1.42. The van der Waals surface area contributed by atoms with Crippen molar-refractivity contribution in [3.8, 4) is 0 Å². The minimum absolute atomic E-state index is 0.165. The number of thiazole rings is 1. The number of hydrogen-bond donors (Lipinski definition) is 2. The highest BCUT2D eigenvalue weighted by Crippen LogP contribution is 2.48. The van der Waals surface area contributed by atoms with Gasteiger partial charge in [-0.15, -0.1) is 0 Å². The molecule has 9 nitrogen and oxygen atoms in total. The van der Waals surface area contributed by atoms with Crippen LogP contribution < -0.4 is 14.9 Å². The topological polar surface area (TPSA) is 117 Å². The lowest BCUT2D eigenvalue weighted by atomic mass is 10.2. The van der Waals surface area contributed by atoms with E-state index in [0.717, 1.165) is 30.8 Å². The largest absolute Gasteiger partial charge is 0.335 e. The maximum absolute atomic E-state index is 12.2. The van der Waals surface area contributed by atoms with Crippen LogP contribution in [0.3, 0.4) is 0 Å². The van der Waals surface area contributed by atoms with Crippen molar-refractivity contribution in [3.63, 3.8) is 0 Å². The third-order valence-electron chi connectivity index (χ3n) is 5.52. The summed E-state index contributed by atoms with van der Waals surface area (Å²) in [6.45, 7) is 2.86. The second-order valence-corrected chi connectivity index (χ2v) is 14.6. The Morgan fingerprint density at radius 1 is 1.08 bits per heavy atom. The van der Waals surface area contributed by atoms with E-state index in [0.29, 0.717) is 36.1 Å². The van der Waals surface area contributed by atoms with Gasteiger partial charge in [0.05, 0.1) is 28.3 Å². The van der Waals surface area contributed by atoms with Crippen LogP contribution in [-0.4, -0.2) is 46.0 Å². The van der Waals surface area contributed by atoms with Crippen molar-refractivity contribution in [3.05, 3.63) is 56.5 Å². The van der Waals surface area contributed by atoms with Crippen LogP contribution >= 0.6 is 46.3 Å². The normalized spacial score (nSPS) is 15.1. The Balaban J connectivity index is 1.67. The zero-order valence-electron chi connectivity index (χ0n) is 20.3. The van der Waals surface area contributed by atoms with Gasteiger partial charge in [-0.1, -0.05) is 53.2 Å². The number of fused-ring (bicyclic) bond motifs is 2. The van der Waals surface area contributed by atoms with E-state index in [4.69, 9.17) is 27.5 Å². The van der Waals surface area contributed by atoms with Gasteiger partial charge < -0.3 is 4.90 Å². The second-order valence-electron chi connectivity index (χ2n) is 8.39. The van der Waals surface area contributed by atoms with Crippen LogP contribution in [0, 0.1) is 0 Å². The molecule has 0 spiro atoms. The third kappa shape index (κ3) is 7.61. The zero-order chi connectivity index (χ0) is 27.5. The highest BCUT2D eigenvalue weighted by atomic mass is 35.5. The maximum Gasteiger partial charge on any atom is 0.283 e. The summed E-state index contributed by atoms with van der Waals surface area (Å²) in [4.78, 5) is 3.00. The first kappa shape index (κ1) is 29.6. The van der Waals surface area contributed by atoms with Crippen LogP contribution in [0.15, 0.2) is 46.3 Å². The van der Waals surface area contributed by atoms with Gasteiger partial charge in [-0.3, -0.25) is 4.55 Å². The van der Waals surface area contributed by atoms with E-state index in [9.17, 15) is 21.4 Å². The Bertz CT molecular complexity index is 1580. The Morgan fingerprint density at radius 2 is 1.82 bits per heavy atom. The number of nitrogens with zero attached hydrogens (tertiary/aromatic N) is 2. The molecule has 1 aliphatic heterocycles. The van der Waals surface area contributed by atoms with Crippen LogP contribution in [0.5, 0.6) is 0 Å². The molecule has 0 radical (unpaired) electrons. The molecular weight excluding hydrogens is 613 g/mol. The second kappa shape index (κ2) is 12.4. The van der Waals surface area contributed by atoms with Gasteiger partial charge in [-0.05, 0) is 36.8 Å². The zero-order valence-corrected chi connectivity index (χ0v) is 25.0. The molecule has 0 unspecified atom stereocenters. The summed E-state index contributed by atoms with van der Waals surface area (Å²) in [5.74, 6) is -0.524. The number of anilines is 1. The number of benzene rings is 2. The van der Waals surface area contributed by atoms with Crippen LogP contribution in [0.4, 0.5) is 5.69 Å². The molecule has 0 saturated carbocycles. The van der Waals surface area contributed by atoms with Gasteiger partial charge >= 0.3 is 0 Å². The quantitative estimate of drug-likeness (QED) is 0.161. The van der Waals surface area contributed by atoms with E-state index in [2.05, 4.69) is 5.48 Å². The van der Waals surface area contributed by atoms with E-state index < -0.39 is 20.2 Å². The third-order valence-corrected chi connectivity index (χ3v) is 10.2. The minimum Gasteiger partial charge on any atom is -0.335 e. The number of aryl methyl sites for hydroxylation is 1. The van der Waals surface area contributed by atoms with Crippen LogP contribution in [-0.2, 0) is 31.1 Å². The van der Waals surface area contributed by atoms with E-state index in [-0.39, 0.29) is 17.9 Å². The van der Waals surface area contributed by atoms with Gasteiger partial charge in [0, 0.05) is 40.5 Å². The molecule has 38 heavy (non-hydrogen) atoms. The Labute approximate surface area is 240 Å². The summed E-state index contributed by atoms with van der Waals surface area (Å²) in [5, 5.41) is 2.84. The first-order valence-corrected chi connectivity index (χ1v) is 17.2. The molecule has 0 amide bonds. The fourth-order valence-electron chi connectivity index (χ4n) is 3.93. The maximum atomic E-state index is 12.2. The molecule has 2 N–H and O–H groups in total. The predicted octanol–water partition coefficient (Wildman–Crippen LogP) is 4.95. The number of hydrogen-bond acceptors (Lipinski definition) is 9. The van der Waals surface area contributed by atoms with Gasteiger partial charge in [-0.25, -0.2) is 0 Å². The number of hydroxylamine groups is 1. The van der Waals surface area contributed by atoms with Crippen molar-refractivity contribution in [2.45, 2.75) is 31.2 Å². The average molecular weight is 640 g/mol. The summed E-state index contributed by atoms with van der Waals surface area (Å²) in [6.07, 6.45) is 2.52. The Kier molecular flexibility index (Phi) is 9.64. The first-order valence-electron chi connectivity index (χ1n) is 11.6. The smallest absolute Gasteiger partial charge is 0.283 e. The van der Waals surface area contributed by atoms with Gasteiger partial charge in [0.1, 0.15) is 4.70 Å². The van der Waals surface area contributed by atoms with E-state index in [1.807, 2.05) is 39.8 Å². The molecule has 0 aliphatic carbocycles. The summed E-state index contributed by atoms with van der Waals surface area (Å²) in [5.41, 5.74) is 4.11. The standard InChI is InChI=1S/C23H25Cl2N3O6S4/c1-2-26-34-38(32,33)12-4-10-28-19-14-17(25)6-8-21(19)36-23(28)15-22-27(9-3-11-37(29,30)31)18-13-16(24)5-7-20(18)35-22/h5-8,13-15,26H,2-4,9-12H2,1H3/p+1. The molecule has 2 heterocycles. The van der Waals surface area contributed by atoms with Crippen LogP contribution in [0.1, 0.15) is 24.8 Å². The highest BCUT2D eigenvalue weighted by molar-refractivity contribution is 8.04. The lowest BCUT2D eigenvalue weighted by Gasteiger charge is -2.20. The van der Waals surface area contributed by atoms with Gasteiger partial charge in [0.15, 0.2) is 6.54 Å². The molecule has 0 atom stereocenters. The van der Waals surface area contributed by atoms with E-state index in [1.165, 1.54) is 23.1 Å². The van der Waals surface area contributed by atoms with Crippen molar-refractivity contribution < 1.29 is 30.2 Å². The number of nitrogens with one attached hydrogen (secondary N) is 1. The lowest BCUT2D eigenvalue weighted by molar-refractivity contribution is -0.668. The number of rotatable bonds is 12. The molecule has 2 aromatic carbocycles. The van der Waals surface area contributed by atoms with Crippen molar-refractivity contribution in [2.75, 3.05) is 29.5 Å². The molecule has 0 saturated heterocycles. The van der Waals surface area contributed by atoms with Crippen molar-refractivity contribution in [2.24, 2.45) is 0 Å². The van der Waals surface area contributed by atoms with Crippen molar-refractivity contribution >= 4 is 88.5 Å². The molecule has 15 heteroatoms. The summed E-state index contributed by atoms with van der Waals surface area (Å²) in [6, 6.07) is 11.1. The highest BCUT2D eigenvalue weighted by Gasteiger charge is 2.29. The lowest BCUT2D eigenvalue weighted by Crippen LogP contribution is -2.36. The van der Waals surface area contributed by atoms with E-state index in [1.54, 1.807) is 19.1 Å². The molecule has 0 bridgehead atoms. The van der Waals surface area contributed by atoms with Gasteiger partial charge in [0.2, 0.25) is 5.52 Å². The molecule has 1 aliphatic rings. The van der Waals surface area contributed by atoms with Gasteiger partial charge in [-0.2, -0.15) is 31.2 Å². The summed E-state index contributed by atoms with van der Waals surface area (Å²) in [7, 11) is -7.81. The Morgan fingerprint density at radius 3 is 2.55 bits per heavy atom. The van der Waals surface area contributed by atoms with E-state index >= 15 is 0 Å². The molecule has 0 fully saturated rings. The number of aromatic nitrogens is 1. The molecule has 4 rings (SSSR count). The van der Waals surface area contributed by atoms with Gasteiger partial charge in [0.25, 0.3) is 25.2 Å². The van der Waals surface area contributed by atoms with Crippen molar-refractivity contribution in [1.29, 1.82) is 0 Å². The van der Waals surface area contributed by atoms with Crippen LogP contribution in [0.2, 0.25) is 10.0 Å². The SMILES string of the molecule is CCNOS(=O)(=O)CCCN1/C(=C/c2sc3ccc(Cl)cc3[n+]2CCCS(=O)(=O)O)Sc2ccc(Cl)cc21. The number of halogens is 2. The molecular formula is C23H26Cl2N3O6S4+. The fourth-order valence-corrected chi connectivity index (χ4v) is 7.90. The molecule has 3 aromatic rings. The van der Waals surface area contributed by atoms with Crippen molar-refractivity contribution in [1.82, 2.24) is 5.48 Å². The average Bonchev–Trinajstić information content (AvgIpc) is 3.34. The monoisotopic (exact) mass is 638 g/mol. The minimum atomic E-state index is -4.09. The fraction of sp³-hybridized carbons (Fsp3) is 0.348. The molecule has 206 valence electrons. The first-order chi connectivity index (χ1) is 18.0. The summed E-state index contributed by atoms with van der Waals surface area (Å²) < 4.78 is 63.8. The predicted molar refractivity (Wildman–Crippen MR) is 154 cm³/mol.